The van der Waals surface area contributed by atoms with E-state index in [1.807, 2.05) is 35.9 Å². The maximum atomic E-state index is 10.0. The number of aryl methyl sites for hydroxylation is 1. The second-order valence-electron chi connectivity index (χ2n) is 4.91. The van der Waals surface area contributed by atoms with Gasteiger partial charge in [-0.2, -0.15) is 0 Å². The third-order valence-corrected chi connectivity index (χ3v) is 3.65. The van der Waals surface area contributed by atoms with Crippen LogP contribution in [0.15, 0.2) is 24.3 Å². The molecule has 0 aliphatic heterocycles. The van der Waals surface area contributed by atoms with E-state index >= 15 is 0 Å². The standard InChI is InChI=1S/C13H17N3O/c1-16-11-6-3-2-5-10(11)15-12(16)14-9-13(17)7-4-8-13/h2-3,5-6,17H,4,7-9H2,1H3,(H,14,15). The predicted octanol–water partition coefficient (Wildman–Crippen LogP) is 1.90. The van der Waals surface area contributed by atoms with Gasteiger partial charge in [0, 0.05) is 13.6 Å². The zero-order valence-corrected chi connectivity index (χ0v) is 9.98. The number of hydrogen-bond acceptors (Lipinski definition) is 3. The molecule has 90 valence electrons. The maximum absolute atomic E-state index is 10.0. The first-order chi connectivity index (χ1) is 8.18. The Labute approximate surface area is 100 Å². The summed E-state index contributed by atoms with van der Waals surface area (Å²) in [7, 11) is 1.99. The molecule has 1 aromatic carbocycles. The third kappa shape index (κ3) is 1.78. The van der Waals surface area contributed by atoms with Crippen molar-refractivity contribution >= 4 is 17.0 Å². The van der Waals surface area contributed by atoms with Crippen molar-refractivity contribution in [3.05, 3.63) is 24.3 Å². The Kier molecular flexibility index (Phi) is 2.33. The highest BCUT2D eigenvalue weighted by Gasteiger charge is 2.34. The topological polar surface area (TPSA) is 50.1 Å². The van der Waals surface area contributed by atoms with Crippen LogP contribution in [-0.4, -0.2) is 26.8 Å². The minimum Gasteiger partial charge on any atom is -0.388 e. The van der Waals surface area contributed by atoms with E-state index in [0.29, 0.717) is 6.54 Å². The van der Waals surface area contributed by atoms with Crippen LogP contribution in [0, 0.1) is 0 Å². The fraction of sp³-hybridized carbons (Fsp3) is 0.462. The number of rotatable bonds is 3. The van der Waals surface area contributed by atoms with Crippen molar-refractivity contribution in [1.82, 2.24) is 9.55 Å². The van der Waals surface area contributed by atoms with Crippen LogP contribution in [0.3, 0.4) is 0 Å². The molecule has 1 aliphatic rings. The molecule has 1 heterocycles. The summed E-state index contributed by atoms with van der Waals surface area (Å²) >= 11 is 0. The average Bonchev–Trinajstić information content (AvgIpc) is 2.62. The Hall–Kier alpha value is -1.55. The van der Waals surface area contributed by atoms with Crippen LogP contribution >= 0.6 is 0 Å². The van der Waals surface area contributed by atoms with Crippen LogP contribution in [-0.2, 0) is 7.05 Å². The smallest absolute Gasteiger partial charge is 0.203 e. The Balaban J connectivity index is 1.83. The number of imidazole rings is 1. The van der Waals surface area contributed by atoms with Crippen molar-refractivity contribution in [2.24, 2.45) is 7.05 Å². The van der Waals surface area contributed by atoms with Crippen molar-refractivity contribution in [3.8, 4) is 0 Å². The molecule has 0 unspecified atom stereocenters. The number of aromatic nitrogens is 2. The molecule has 1 saturated carbocycles. The molecule has 2 N–H and O–H groups in total. The number of benzene rings is 1. The molecule has 1 aromatic heterocycles. The van der Waals surface area contributed by atoms with Crippen LogP contribution in [0.4, 0.5) is 5.95 Å². The van der Waals surface area contributed by atoms with Crippen molar-refractivity contribution < 1.29 is 5.11 Å². The summed E-state index contributed by atoms with van der Waals surface area (Å²) in [5.41, 5.74) is 1.58. The lowest BCUT2D eigenvalue weighted by atomic mass is 9.80. The average molecular weight is 231 g/mol. The predicted molar refractivity (Wildman–Crippen MR) is 68.0 cm³/mol. The maximum Gasteiger partial charge on any atom is 0.203 e. The highest BCUT2D eigenvalue weighted by atomic mass is 16.3. The lowest BCUT2D eigenvalue weighted by Crippen LogP contribution is -2.43. The molecule has 0 radical (unpaired) electrons. The second-order valence-corrected chi connectivity index (χ2v) is 4.91. The summed E-state index contributed by atoms with van der Waals surface area (Å²) in [5.74, 6) is 0.825. The number of aliphatic hydroxyl groups is 1. The quantitative estimate of drug-likeness (QED) is 0.848. The van der Waals surface area contributed by atoms with Crippen LogP contribution in [0.5, 0.6) is 0 Å². The normalized spacial score (nSPS) is 18.0. The summed E-state index contributed by atoms with van der Waals surface area (Å²) in [6, 6.07) is 8.04. The molecule has 0 atom stereocenters. The first kappa shape index (κ1) is 10.6. The van der Waals surface area contributed by atoms with Gasteiger partial charge in [-0.25, -0.2) is 4.98 Å². The molecule has 17 heavy (non-hydrogen) atoms. The van der Waals surface area contributed by atoms with Gasteiger partial charge in [0.25, 0.3) is 0 Å². The van der Waals surface area contributed by atoms with Gasteiger partial charge in [-0.15, -0.1) is 0 Å². The van der Waals surface area contributed by atoms with E-state index in [1.165, 1.54) is 0 Å². The molecular formula is C13H17N3O. The second kappa shape index (κ2) is 3.74. The number of nitrogens with zero attached hydrogens (tertiary/aromatic N) is 2. The summed E-state index contributed by atoms with van der Waals surface area (Å²) < 4.78 is 2.03. The molecule has 4 heteroatoms. The van der Waals surface area contributed by atoms with E-state index in [1.54, 1.807) is 0 Å². The van der Waals surface area contributed by atoms with Gasteiger partial charge in [-0.3, -0.25) is 0 Å². The van der Waals surface area contributed by atoms with E-state index in [4.69, 9.17) is 0 Å². The van der Waals surface area contributed by atoms with Gasteiger partial charge in [-0.1, -0.05) is 12.1 Å². The molecule has 0 spiro atoms. The van der Waals surface area contributed by atoms with Crippen molar-refractivity contribution in [2.75, 3.05) is 11.9 Å². The van der Waals surface area contributed by atoms with Crippen LogP contribution < -0.4 is 5.32 Å². The number of hydrogen-bond donors (Lipinski definition) is 2. The Bertz CT molecular complexity index is 543. The number of fused-ring (bicyclic) bond motifs is 1. The van der Waals surface area contributed by atoms with Crippen molar-refractivity contribution in [1.29, 1.82) is 0 Å². The Morgan fingerprint density at radius 2 is 2.18 bits per heavy atom. The summed E-state index contributed by atoms with van der Waals surface area (Å²) in [6.07, 6.45) is 2.91. The van der Waals surface area contributed by atoms with Crippen LogP contribution in [0.25, 0.3) is 11.0 Å². The van der Waals surface area contributed by atoms with E-state index in [0.717, 1.165) is 36.2 Å². The highest BCUT2D eigenvalue weighted by Crippen LogP contribution is 2.31. The lowest BCUT2D eigenvalue weighted by molar-refractivity contribution is -0.0203. The SMILES string of the molecule is Cn1c(NCC2(O)CCC2)nc2ccccc21. The third-order valence-electron chi connectivity index (χ3n) is 3.65. The molecule has 2 aromatic rings. The molecule has 0 bridgehead atoms. The van der Waals surface area contributed by atoms with Gasteiger partial charge < -0.3 is 15.0 Å². The zero-order chi connectivity index (χ0) is 11.9. The molecule has 3 rings (SSSR count). The monoisotopic (exact) mass is 231 g/mol. The first-order valence-corrected chi connectivity index (χ1v) is 6.06. The van der Waals surface area contributed by atoms with Gasteiger partial charge in [-0.05, 0) is 31.4 Å². The molecule has 0 amide bonds. The van der Waals surface area contributed by atoms with E-state index in [-0.39, 0.29) is 0 Å². The van der Waals surface area contributed by atoms with Gasteiger partial charge >= 0.3 is 0 Å². The number of para-hydroxylation sites is 2. The van der Waals surface area contributed by atoms with Crippen molar-refractivity contribution in [3.63, 3.8) is 0 Å². The summed E-state index contributed by atoms with van der Waals surface area (Å²) in [4.78, 5) is 4.51. The molecule has 0 saturated heterocycles. The van der Waals surface area contributed by atoms with E-state index in [9.17, 15) is 5.11 Å². The fourth-order valence-corrected chi connectivity index (χ4v) is 2.31. The minimum atomic E-state index is -0.516. The lowest BCUT2D eigenvalue weighted by Gasteiger charge is -2.36. The largest absolute Gasteiger partial charge is 0.388 e. The number of nitrogens with one attached hydrogen (secondary N) is 1. The van der Waals surface area contributed by atoms with Gasteiger partial charge in [0.15, 0.2) is 0 Å². The summed E-state index contributed by atoms with van der Waals surface area (Å²) in [6.45, 7) is 0.587. The molecule has 4 nitrogen and oxygen atoms in total. The minimum absolute atomic E-state index is 0.516. The molecular weight excluding hydrogens is 214 g/mol. The highest BCUT2D eigenvalue weighted by molar-refractivity contribution is 5.78. The summed E-state index contributed by atoms with van der Waals surface area (Å²) in [5, 5.41) is 13.3. The van der Waals surface area contributed by atoms with E-state index < -0.39 is 5.60 Å². The van der Waals surface area contributed by atoms with Gasteiger partial charge in [0.2, 0.25) is 5.95 Å². The van der Waals surface area contributed by atoms with Crippen LogP contribution in [0.1, 0.15) is 19.3 Å². The van der Waals surface area contributed by atoms with Gasteiger partial charge in [0.05, 0.1) is 16.6 Å². The number of anilines is 1. The first-order valence-electron chi connectivity index (χ1n) is 6.06. The Morgan fingerprint density at radius 3 is 2.82 bits per heavy atom. The molecule has 1 aliphatic carbocycles. The van der Waals surface area contributed by atoms with E-state index in [2.05, 4.69) is 10.3 Å². The fourth-order valence-electron chi connectivity index (χ4n) is 2.31. The molecule has 1 fully saturated rings. The zero-order valence-electron chi connectivity index (χ0n) is 9.98. The van der Waals surface area contributed by atoms with Crippen molar-refractivity contribution in [2.45, 2.75) is 24.9 Å². The van der Waals surface area contributed by atoms with Crippen LogP contribution in [0.2, 0.25) is 0 Å². The van der Waals surface area contributed by atoms with Gasteiger partial charge in [0.1, 0.15) is 0 Å². The Morgan fingerprint density at radius 1 is 1.41 bits per heavy atom.